The van der Waals surface area contributed by atoms with Gasteiger partial charge in [0.05, 0.1) is 17.1 Å². The third-order valence-electron chi connectivity index (χ3n) is 4.89. The Bertz CT molecular complexity index is 1340. The van der Waals surface area contributed by atoms with Crippen LogP contribution >= 0.6 is 11.3 Å². The zero-order valence-electron chi connectivity index (χ0n) is 17.9. The number of hydrogen-bond acceptors (Lipinski definition) is 6. The first-order chi connectivity index (χ1) is 16.0. The Hall–Kier alpha value is -3.56. The van der Waals surface area contributed by atoms with Crippen LogP contribution in [0.2, 0.25) is 0 Å². The van der Waals surface area contributed by atoms with Gasteiger partial charge >= 0.3 is 0 Å². The summed E-state index contributed by atoms with van der Waals surface area (Å²) in [6.45, 7) is 2.11. The molecular formula is C24H22N4O3S2. The van der Waals surface area contributed by atoms with Gasteiger partial charge in [0, 0.05) is 5.56 Å². The van der Waals surface area contributed by atoms with Gasteiger partial charge in [-0.15, -0.1) is 10.2 Å². The number of aromatic nitrogens is 2. The van der Waals surface area contributed by atoms with Crippen LogP contribution in [0.5, 0.6) is 0 Å². The summed E-state index contributed by atoms with van der Waals surface area (Å²) >= 11 is 1.29. The lowest BCUT2D eigenvalue weighted by atomic mass is 10.2. The van der Waals surface area contributed by atoms with Gasteiger partial charge in [0.2, 0.25) is 5.13 Å². The Morgan fingerprint density at radius 3 is 2.30 bits per heavy atom. The van der Waals surface area contributed by atoms with E-state index in [9.17, 15) is 13.2 Å². The second-order valence-electron chi connectivity index (χ2n) is 7.17. The fourth-order valence-electron chi connectivity index (χ4n) is 3.20. The van der Waals surface area contributed by atoms with Crippen molar-refractivity contribution in [1.82, 2.24) is 10.2 Å². The number of amides is 1. The van der Waals surface area contributed by atoms with Crippen molar-refractivity contribution >= 4 is 38.1 Å². The highest BCUT2D eigenvalue weighted by atomic mass is 32.2. The van der Waals surface area contributed by atoms with Gasteiger partial charge in [-0.05, 0) is 42.3 Å². The molecule has 4 rings (SSSR count). The Kier molecular flexibility index (Phi) is 6.81. The molecule has 7 nitrogen and oxygen atoms in total. The molecule has 4 aromatic rings. The van der Waals surface area contributed by atoms with E-state index in [4.69, 9.17) is 0 Å². The molecule has 0 aliphatic carbocycles. The molecule has 0 atom stereocenters. The first kappa shape index (κ1) is 22.6. The molecule has 0 radical (unpaired) electrons. The summed E-state index contributed by atoms with van der Waals surface area (Å²) in [5, 5.41) is 11.8. The summed E-state index contributed by atoms with van der Waals surface area (Å²) < 4.78 is 28.7. The standard InChI is InChI=1S/C24H22N4O3S2/c1-2-22-26-27-24(32-22)25-23(29)19-12-9-15-21(16-19)33(30,31)28(20-13-7-4-8-14-20)17-18-10-5-3-6-11-18/h3-16H,2,17H2,1H3,(H,25,27,29). The molecule has 168 valence electrons. The van der Waals surface area contributed by atoms with E-state index < -0.39 is 15.9 Å². The molecule has 33 heavy (non-hydrogen) atoms. The minimum Gasteiger partial charge on any atom is -0.296 e. The van der Waals surface area contributed by atoms with E-state index in [1.54, 1.807) is 36.4 Å². The molecule has 1 aromatic heterocycles. The van der Waals surface area contributed by atoms with Crippen LogP contribution in [0.1, 0.15) is 27.9 Å². The zero-order valence-corrected chi connectivity index (χ0v) is 19.5. The average molecular weight is 479 g/mol. The third kappa shape index (κ3) is 5.27. The Morgan fingerprint density at radius 1 is 0.939 bits per heavy atom. The van der Waals surface area contributed by atoms with Crippen molar-refractivity contribution in [2.75, 3.05) is 9.62 Å². The average Bonchev–Trinajstić information content (AvgIpc) is 3.31. The quantitative estimate of drug-likeness (QED) is 0.395. The minimum atomic E-state index is -3.95. The Labute approximate surface area is 196 Å². The van der Waals surface area contributed by atoms with Crippen molar-refractivity contribution in [3.63, 3.8) is 0 Å². The molecule has 0 saturated heterocycles. The number of benzene rings is 3. The molecule has 0 fully saturated rings. The first-order valence-electron chi connectivity index (χ1n) is 10.3. The van der Waals surface area contributed by atoms with Crippen molar-refractivity contribution in [3.05, 3.63) is 101 Å². The lowest BCUT2D eigenvalue weighted by Gasteiger charge is -2.25. The predicted octanol–water partition coefficient (Wildman–Crippen LogP) is 4.75. The molecule has 3 aromatic carbocycles. The number of aryl methyl sites for hydroxylation is 1. The minimum absolute atomic E-state index is 0.0291. The maximum absolute atomic E-state index is 13.7. The van der Waals surface area contributed by atoms with Crippen LogP contribution in [0.25, 0.3) is 0 Å². The van der Waals surface area contributed by atoms with Gasteiger partial charge in [0.25, 0.3) is 15.9 Å². The van der Waals surface area contributed by atoms with Crippen LogP contribution in [-0.2, 0) is 23.0 Å². The van der Waals surface area contributed by atoms with Gasteiger partial charge in [-0.3, -0.25) is 14.4 Å². The first-order valence-corrected chi connectivity index (χ1v) is 12.6. The summed E-state index contributed by atoms with van der Waals surface area (Å²) in [5.41, 5.74) is 1.61. The summed E-state index contributed by atoms with van der Waals surface area (Å²) in [6.07, 6.45) is 0.720. The number of nitrogens with zero attached hydrogens (tertiary/aromatic N) is 3. The molecule has 0 aliphatic heterocycles. The van der Waals surface area contributed by atoms with E-state index in [1.807, 2.05) is 43.3 Å². The summed E-state index contributed by atoms with van der Waals surface area (Å²) in [5.74, 6) is -0.444. The second-order valence-corrected chi connectivity index (χ2v) is 10.1. The number of carbonyl (C=O) groups excluding carboxylic acids is 1. The van der Waals surface area contributed by atoms with Crippen LogP contribution in [-0.4, -0.2) is 24.5 Å². The van der Waals surface area contributed by atoms with Crippen molar-refractivity contribution in [2.24, 2.45) is 0 Å². The molecular weight excluding hydrogens is 456 g/mol. The summed E-state index contributed by atoms with van der Waals surface area (Å²) in [6, 6.07) is 24.3. The summed E-state index contributed by atoms with van der Waals surface area (Å²) in [4.78, 5) is 12.8. The lowest BCUT2D eigenvalue weighted by molar-refractivity contribution is 0.102. The van der Waals surface area contributed by atoms with Crippen LogP contribution in [0.4, 0.5) is 10.8 Å². The smallest absolute Gasteiger partial charge is 0.264 e. The Balaban J connectivity index is 1.66. The molecule has 0 saturated carbocycles. The van der Waals surface area contributed by atoms with E-state index >= 15 is 0 Å². The molecule has 1 amide bonds. The van der Waals surface area contributed by atoms with Gasteiger partial charge in [0.1, 0.15) is 5.01 Å². The van der Waals surface area contributed by atoms with Gasteiger partial charge < -0.3 is 0 Å². The lowest BCUT2D eigenvalue weighted by Crippen LogP contribution is -2.30. The highest BCUT2D eigenvalue weighted by molar-refractivity contribution is 7.92. The molecule has 0 bridgehead atoms. The van der Waals surface area contributed by atoms with Gasteiger partial charge in [-0.1, -0.05) is 72.9 Å². The number of anilines is 2. The maximum atomic E-state index is 13.7. The van der Waals surface area contributed by atoms with E-state index in [2.05, 4.69) is 15.5 Å². The zero-order chi connectivity index (χ0) is 23.3. The van der Waals surface area contributed by atoms with Gasteiger partial charge in [0.15, 0.2) is 0 Å². The normalized spacial score (nSPS) is 11.2. The fraction of sp³-hybridized carbons (Fsp3) is 0.125. The highest BCUT2D eigenvalue weighted by Gasteiger charge is 2.26. The highest BCUT2D eigenvalue weighted by Crippen LogP contribution is 2.26. The molecule has 1 heterocycles. The van der Waals surface area contributed by atoms with Crippen molar-refractivity contribution in [2.45, 2.75) is 24.8 Å². The monoisotopic (exact) mass is 478 g/mol. The molecule has 0 unspecified atom stereocenters. The van der Waals surface area contributed by atoms with Crippen LogP contribution in [0.15, 0.2) is 89.8 Å². The SMILES string of the molecule is CCc1nnc(NC(=O)c2cccc(S(=O)(=O)N(Cc3ccccc3)c3ccccc3)c2)s1. The maximum Gasteiger partial charge on any atom is 0.264 e. The number of hydrogen-bond donors (Lipinski definition) is 1. The van der Waals surface area contributed by atoms with E-state index in [0.29, 0.717) is 10.8 Å². The van der Waals surface area contributed by atoms with Gasteiger partial charge in [-0.2, -0.15) is 0 Å². The van der Waals surface area contributed by atoms with Crippen molar-refractivity contribution < 1.29 is 13.2 Å². The van der Waals surface area contributed by atoms with Crippen molar-refractivity contribution in [3.8, 4) is 0 Å². The van der Waals surface area contributed by atoms with E-state index in [0.717, 1.165) is 17.0 Å². The number of para-hydroxylation sites is 1. The van der Waals surface area contributed by atoms with E-state index in [1.165, 1.54) is 27.8 Å². The summed E-state index contributed by atoms with van der Waals surface area (Å²) in [7, 11) is -3.95. The number of carbonyl (C=O) groups is 1. The predicted molar refractivity (Wildman–Crippen MR) is 130 cm³/mol. The third-order valence-corrected chi connectivity index (χ3v) is 7.64. The topological polar surface area (TPSA) is 92.3 Å². The second kappa shape index (κ2) is 9.93. The molecule has 9 heteroatoms. The number of nitrogens with one attached hydrogen (secondary N) is 1. The number of sulfonamides is 1. The Morgan fingerprint density at radius 2 is 1.64 bits per heavy atom. The van der Waals surface area contributed by atoms with Crippen LogP contribution in [0.3, 0.4) is 0 Å². The van der Waals surface area contributed by atoms with E-state index in [-0.39, 0.29) is 17.0 Å². The van der Waals surface area contributed by atoms with Crippen LogP contribution in [0, 0.1) is 0 Å². The van der Waals surface area contributed by atoms with Gasteiger partial charge in [-0.25, -0.2) is 8.42 Å². The van der Waals surface area contributed by atoms with Crippen LogP contribution < -0.4 is 9.62 Å². The fourth-order valence-corrected chi connectivity index (χ4v) is 5.37. The largest absolute Gasteiger partial charge is 0.296 e. The van der Waals surface area contributed by atoms with Crippen molar-refractivity contribution in [1.29, 1.82) is 0 Å². The molecule has 1 N–H and O–H groups in total. The number of rotatable bonds is 8. The molecule has 0 aliphatic rings. The molecule has 0 spiro atoms.